The van der Waals surface area contributed by atoms with Crippen LogP contribution in [0.15, 0.2) is 48.5 Å². The van der Waals surface area contributed by atoms with Gasteiger partial charge < -0.3 is 15.4 Å². The first-order valence-electron chi connectivity index (χ1n) is 7.85. The lowest BCUT2D eigenvalue weighted by Crippen LogP contribution is -2.31. The maximum atomic E-state index is 12.4. The van der Waals surface area contributed by atoms with Gasteiger partial charge in [0.1, 0.15) is 0 Å². The van der Waals surface area contributed by atoms with Crippen molar-refractivity contribution < 1.29 is 22.7 Å². The molecular formula is C18H19F3N2O2. The number of urea groups is 1. The fourth-order valence-electron chi connectivity index (χ4n) is 2.21. The van der Waals surface area contributed by atoms with Gasteiger partial charge in [0.15, 0.2) is 5.75 Å². The number of halogens is 3. The van der Waals surface area contributed by atoms with Crippen LogP contribution in [-0.4, -0.2) is 18.9 Å². The number of aryl methyl sites for hydroxylation is 1. The predicted octanol–water partition coefficient (Wildman–Crippen LogP) is 4.51. The Morgan fingerprint density at radius 1 is 1.04 bits per heavy atom. The Kier molecular flexibility index (Phi) is 6.27. The summed E-state index contributed by atoms with van der Waals surface area (Å²) < 4.78 is 40.9. The molecule has 0 heterocycles. The Balaban J connectivity index is 1.86. The van der Waals surface area contributed by atoms with E-state index in [0.717, 1.165) is 18.1 Å². The van der Waals surface area contributed by atoms with Crippen LogP contribution in [0.4, 0.5) is 23.7 Å². The quantitative estimate of drug-likeness (QED) is 0.804. The van der Waals surface area contributed by atoms with E-state index in [9.17, 15) is 18.0 Å². The molecule has 0 saturated heterocycles. The molecule has 25 heavy (non-hydrogen) atoms. The number of ether oxygens (including phenoxy) is 1. The van der Waals surface area contributed by atoms with E-state index >= 15 is 0 Å². The molecule has 4 nitrogen and oxygen atoms in total. The highest BCUT2D eigenvalue weighted by atomic mass is 19.4. The number of carbonyl (C=O) groups is 1. The van der Waals surface area contributed by atoms with Crippen LogP contribution < -0.4 is 15.4 Å². The average Bonchev–Trinajstić information content (AvgIpc) is 2.56. The molecule has 0 aromatic heterocycles. The van der Waals surface area contributed by atoms with Crippen molar-refractivity contribution in [2.24, 2.45) is 0 Å². The Hall–Kier alpha value is -2.70. The first kappa shape index (κ1) is 18.6. The summed E-state index contributed by atoms with van der Waals surface area (Å²) in [5.74, 6) is -0.458. The van der Waals surface area contributed by atoms with Gasteiger partial charge in [-0.25, -0.2) is 4.79 Å². The van der Waals surface area contributed by atoms with Gasteiger partial charge in [-0.2, -0.15) is 0 Å². The molecule has 0 aliphatic heterocycles. The number of carbonyl (C=O) groups excluding carboxylic acids is 1. The topological polar surface area (TPSA) is 50.4 Å². The molecule has 2 N–H and O–H groups in total. The Morgan fingerprint density at radius 2 is 1.68 bits per heavy atom. The number of para-hydroxylation sites is 2. The minimum Gasteiger partial charge on any atom is -0.404 e. The summed E-state index contributed by atoms with van der Waals surface area (Å²) in [6, 6.07) is 12.8. The van der Waals surface area contributed by atoms with Crippen molar-refractivity contribution >= 4 is 11.7 Å². The number of rotatable bonds is 6. The van der Waals surface area contributed by atoms with Crippen LogP contribution in [0, 0.1) is 0 Å². The van der Waals surface area contributed by atoms with E-state index in [1.807, 2.05) is 24.3 Å². The van der Waals surface area contributed by atoms with E-state index in [1.54, 1.807) is 0 Å². The van der Waals surface area contributed by atoms with Crippen molar-refractivity contribution in [3.8, 4) is 5.75 Å². The van der Waals surface area contributed by atoms with Crippen molar-refractivity contribution in [3.05, 3.63) is 59.7 Å². The lowest BCUT2D eigenvalue weighted by Gasteiger charge is -2.14. The molecule has 2 aromatic carbocycles. The van der Waals surface area contributed by atoms with Gasteiger partial charge in [0.05, 0.1) is 5.69 Å². The third-order valence-corrected chi connectivity index (χ3v) is 3.49. The van der Waals surface area contributed by atoms with Gasteiger partial charge in [-0.15, -0.1) is 13.2 Å². The molecule has 0 bridgehead atoms. The van der Waals surface area contributed by atoms with E-state index in [4.69, 9.17) is 0 Å². The number of amides is 2. The maximum Gasteiger partial charge on any atom is 0.573 e. The zero-order valence-corrected chi connectivity index (χ0v) is 13.7. The monoisotopic (exact) mass is 352 g/mol. The highest BCUT2D eigenvalue weighted by Crippen LogP contribution is 2.29. The van der Waals surface area contributed by atoms with Crippen LogP contribution >= 0.6 is 0 Å². The van der Waals surface area contributed by atoms with Crippen LogP contribution in [0.5, 0.6) is 5.75 Å². The summed E-state index contributed by atoms with van der Waals surface area (Å²) in [7, 11) is 0. The van der Waals surface area contributed by atoms with Gasteiger partial charge in [-0.1, -0.05) is 43.3 Å². The summed E-state index contributed by atoms with van der Waals surface area (Å²) in [4.78, 5) is 11.9. The summed E-state index contributed by atoms with van der Waals surface area (Å²) in [6.07, 6.45) is -3.24. The number of benzene rings is 2. The van der Waals surface area contributed by atoms with Crippen molar-refractivity contribution in [1.29, 1.82) is 0 Å². The Morgan fingerprint density at radius 3 is 2.32 bits per heavy atom. The van der Waals surface area contributed by atoms with Gasteiger partial charge in [0, 0.05) is 6.54 Å². The zero-order valence-electron chi connectivity index (χ0n) is 13.7. The van der Waals surface area contributed by atoms with Gasteiger partial charge >= 0.3 is 12.4 Å². The number of anilines is 1. The normalized spacial score (nSPS) is 11.0. The van der Waals surface area contributed by atoms with Gasteiger partial charge in [0.2, 0.25) is 0 Å². The van der Waals surface area contributed by atoms with E-state index < -0.39 is 18.1 Å². The minimum atomic E-state index is -4.82. The molecule has 0 saturated carbocycles. The third kappa shape index (κ3) is 6.37. The minimum absolute atomic E-state index is 0.0513. The summed E-state index contributed by atoms with van der Waals surface area (Å²) in [5.41, 5.74) is 2.25. The molecular weight excluding hydrogens is 333 g/mol. The summed E-state index contributed by atoms with van der Waals surface area (Å²) in [6.45, 7) is 2.43. The molecule has 134 valence electrons. The smallest absolute Gasteiger partial charge is 0.404 e. The first-order chi connectivity index (χ1) is 11.9. The average molecular weight is 352 g/mol. The molecule has 0 aliphatic rings. The molecule has 0 unspecified atom stereocenters. The van der Waals surface area contributed by atoms with Gasteiger partial charge in [-0.3, -0.25) is 0 Å². The molecule has 0 radical (unpaired) electrons. The molecule has 0 atom stereocenters. The molecule has 2 aromatic rings. The number of alkyl halides is 3. The van der Waals surface area contributed by atoms with Crippen LogP contribution in [0.1, 0.15) is 18.1 Å². The molecule has 2 amide bonds. The van der Waals surface area contributed by atoms with Crippen LogP contribution in [-0.2, 0) is 12.8 Å². The molecule has 7 heteroatoms. The summed E-state index contributed by atoms with van der Waals surface area (Å²) >= 11 is 0. The standard InChI is InChI=1S/C18H19F3N2O2/c1-2-13-7-9-14(10-8-13)11-12-22-17(24)23-15-5-3-4-6-16(15)25-18(19,20)21/h3-10H,2,11-12H2,1H3,(H2,22,23,24). The van der Waals surface area contributed by atoms with Gasteiger partial charge in [0.25, 0.3) is 0 Å². The maximum absolute atomic E-state index is 12.4. The second kappa shape index (κ2) is 8.41. The fraction of sp³-hybridized carbons (Fsp3) is 0.278. The number of hydrogen-bond acceptors (Lipinski definition) is 2. The number of nitrogens with one attached hydrogen (secondary N) is 2. The second-order valence-electron chi connectivity index (χ2n) is 5.34. The van der Waals surface area contributed by atoms with E-state index in [1.165, 1.54) is 23.8 Å². The fourth-order valence-corrected chi connectivity index (χ4v) is 2.21. The molecule has 0 spiro atoms. The molecule has 0 fully saturated rings. The Labute approximate surface area is 144 Å². The van der Waals surface area contributed by atoms with Crippen molar-refractivity contribution in [2.45, 2.75) is 26.1 Å². The summed E-state index contributed by atoms with van der Waals surface area (Å²) in [5, 5.41) is 4.97. The van der Waals surface area contributed by atoms with Crippen molar-refractivity contribution in [1.82, 2.24) is 5.32 Å². The van der Waals surface area contributed by atoms with Crippen molar-refractivity contribution in [3.63, 3.8) is 0 Å². The predicted molar refractivity (Wildman–Crippen MR) is 89.7 cm³/mol. The highest BCUT2D eigenvalue weighted by molar-refractivity contribution is 5.90. The van der Waals surface area contributed by atoms with Crippen LogP contribution in [0.3, 0.4) is 0 Å². The van der Waals surface area contributed by atoms with Crippen LogP contribution in [0.25, 0.3) is 0 Å². The van der Waals surface area contributed by atoms with Crippen LogP contribution in [0.2, 0.25) is 0 Å². The van der Waals surface area contributed by atoms with Gasteiger partial charge in [-0.05, 0) is 36.1 Å². The largest absolute Gasteiger partial charge is 0.573 e. The second-order valence-corrected chi connectivity index (χ2v) is 5.34. The Bertz CT molecular complexity index is 700. The lowest BCUT2D eigenvalue weighted by molar-refractivity contribution is -0.274. The SMILES string of the molecule is CCc1ccc(CCNC(=O)Nc2ccccc2OC(F)(F)F)cc1. The number of hydrogen-bond donors (Lipinski definition) is 2. The molecule has 2 rings (SSSR count). The van der Waals surface area contributed by atoms with Crippen molar-refractivity contribution in [2.75, 3.05) is 11.9 Å². The van der Waals surface area contributed by atoms with E-state index in [-0.39, 0.29) is 5.69 Å². The first-order valence-corrected chi connectivity index (χ1v) is 7.85. The lowest BCUT2D eigenvalue weighted by atomic mass is 10.1. The van der Waals surface area contributed by atoms with E-state index in [0.29, 0.717) is 13.0 Å². The third-order valence-electron chi connectivity index (χ3n) is 3.49. The molecule has 0 aliphatic carbocycles. The van der Waals surface area contributed by atoms with E-state index in [2.05, 4.69) is 22.3 Å². The zero-order chi connectivity index (χ0) is 18.3. The highest BCUT2D eigenvalue weighted by Gasteiger charge is 2.32.